The normalized spacial score (nSPS) is 14.0. The third-order valence-corrected chi connectivity index (χ3v) is 6.29. The molecule has 0 saturated carbocycles. The molecule has 0 aliphatic heterocycles. The summed E-state index contributed by atoms with van der Waals surface area (Å²) in [6, 6.07) is 0. The van der Waals surface area contributed by atoms with Crippen LogP contribution in [0.1, 0.15) is 104 Å². The Labute approximate surface area is 160 Å². The molecule has 26 heavy (non-hydrogen) atoms. The molecule has 0 spiro atoms. The van der Waals surface area contributed by atoms with Gasteiger partial charge in [-0.2, -0.15) is 8.42 Å². The van der Waals surface area contributed by atoms with Crippen LogP contribution < -0.4 is 5.32 Å². The molecule has 0 aliphatic rings. The fourth-order valence-electron chi connectivity index (χ4n) is 2.91. The van der Waals surface area contributed by atoms with Gasteiger partial charge in [-0.3, -0.25) is 9.35 Å². The van der Waals surface area contributed by atoms with Crippen LogP contribution in [0.25, 0.3) is 0 Å². The minimum absolute atomic E-state index is 0.197. The van der Waals surface area contributed by atoms with Crippen molar-refractivity contribution in [3.05, 3.63) is 12.2 Å². The molecule has 0 aliphatic carbocycles. The first-order valence-electron chi connectivity index (χ1n) is 10.1. The summed E-state index contributed by atoms with van der Waals surface area (Å²) in [6.07, 6.45) is 14.4. The quantitative estimate of drug-likeness (QED) is 0.211. The molecule has 1 atom stereocenters. The monoisotopic (exact) mass is 389 g/mol. The van der Waals surface area contributed by atoms with Crippen LogP contribution in [0.5, 0.6) is 0 Å². The maximum atomic E-state index is 11.7. The SMILES string of the molecule is C=C(C)C(=O)NC(C)(CCCCCCCCCCCCCC)S(=O)(=O)O. The minimum atomic E-state index is -4.38. The molecule has 0 bridgehead atoms. The van der Waals surface area contributed by atoms with Crippen LogP contribution >= 0.6 is 0 Å². The van der Waals surface area contributed by atoms with Crippen molar-refractivity contribution in [3.8, 4) is 0 Å². The van der Waals surface area contributed by atoms with Gasteiger partial charge in [0.15, 0.2) is 4.87 Å². The molecule has 154 valence electrons. The Bertz CT molecular complexity index is 516. The van der Waals surface area contributed by atoms with E-state index in [1.165, 1.54) is 65.2 Å². The van der Waals surface area contributed by atoms with E-state index < -0.39 is 20.9 Å². The maximum absolute atomic E-state index is 11.7. The molecular formula is C20H39NO4S. The average molecular weight is 390 g/mol. The molecule has 0 aromatic rings. The van der Waals surface area contributed by atoms with Gasteiger partial charge in [0.2, 0.25) is 5.91 Å². The van der Waals surface area contributed by atoms with Gasteiger partial charge in [0.1, 0.15) is 0 Å². The van der Waals surface area contributed by atoms with Crippen LogP contribution in [0.4, 0.5) is 0 Å². The lowest BCUT2D eigenvalue weighted by Gasteiger charge is -2.27. The van der Waals surface area contributed by atoms with Crippen molar-refractivity contribution >= 4 is 16.0 Å². The Morgan fingerprint density at radius 2 is 1.31 bits per heavy atom. The lowest BCUT2D eigenvalue weighted by atomic mass is 10.0. The van der Waals surface area contributed by atoms with Gasteiger partial charge in [0, 0.05) is 5.57 Å². The van der Waals surface area contributed by atoms with Gasteiger partial charge >= 0.3 is 0 Å². The van der Waals surface area contributed by atoms with E-state index in [1.807, 2.05) is 0 Å². The van der Waals surface area contributed by atoms with Gasteiger partial charge in [0.25, 0.3) is 10.1 Å². The van der Waals surface area contributed by atoms with Crippen LogP contribution in [0.2, 0.25) is 0 Å². The highest BCUT2D eigenvalue weighted by atomic mass is 32.2. The Morgan fingerprint density at radius 1 is 0.923 bits per heavy atom. The number of carbonyl (C=O) groups excluding carboxylic acids is 1. The van der Waals surface area contributed by atoms with Gasteiger partial charge in [-0.05, 0) is 26.7 Å². The second kappa shape index (κ2) is 13.3. The number of nitrogens with one attached hydrogen (secondary N) is 1. The first-order chi connectivity index (χ1) is 12.1. The zero-order chi connectivity index (χ0) is 20.1. The van der Waals surface area contributed by atoms with Gasteiger partial charge in [-0.1, -0.05) is 84.1 Å². The predicted molar refractivity (Wildman–Crippen MR) is 109 cm³/mol. The molecule has 0 heterocycles. The Balaban J connectivity index is 3.94. The summed E-state index contributed by atoms with van der Waals surface area (Å²) in [5, 5.41) is 2.40. The molecule has 0 aromatic carbocycles. The number of hydrogen-bond donors (Lipinski definition) is 2. The zero-order valence-corrected chi connectivity index (χ0v) is 17.8. The van der Waals surface area contributed by atoms with Crippen LogP contribution in [0.15, 0.2) is 12.2 Å². The zero-order valence-electron chi connectivity index (χ0n) is 17.0. The highest BCUT2D eigenvalue weighted by Crippen LogP contribution is 2.22. The number of amides is 1. The largest absolute Gasteiger partial charge is 0.332 e. The van der Waals surface area contributed by atoms with Crippen molar-refractivity contribution in [2.75, 3.05) is 0 Å². The first-order valence-corrected chi connectivity index (χ1v) is 11.5. The fraction of sp³-hybridized carbons (Fsp3) is 0.850. The number of unbranched alkanes of at least 4 members (excludes halogenated alkanes) is 11. The molecule has 0 aromatic heterocycles. The fourth-order valence-corrected chi connectivity index (χ4v) is 3.53. The Kier molecular flexibility index (Phi) is 12.9. The molecule has 0 rings (SSSR count). The van der Waals surface area contributed by atoms with E-state index in [9.17, 15) is 17.8 Å². The summed E-state index contributed by atoms with van der Waals surface area (Å²) in [6.45, 7) is 8.58. The van der Waals surface area contributed by atoms with Gasteiger partial charge in [0.05, 0.1) is 0 Å². The van der Waals surface area contributed by atoms with Crippen molar-refractivity contribution in [2.45, 2.75) is 109 Å². The van der Waals surface area contributed by atoms with Crippen molar-refractivity contribution in [1.29, 1.82) is 0 Å². The summed E-state index contributed by atoms with van der Waals surface area (Å²) in [5.74, 6) is -0.552. The van der Waals surface area contributed by atoms with E-state index in [-0.39, 0.29) is 12.0 Å². The highest BCUT2D eigenvalue weighted by molar-refractivity contribution is 7.87. The van der Waals surface area contributed by atoms with E-state index >= 15 is 0 Å². The predicted octanol–water partition coefficient (Wildman–Crippen LogP) is 5.37. The molecule has 0 fully saturated rings. The van der Waals surface area contributed by atoms with Crippen molar-refractivity contribution in [2.24, 2.45) is 0 Å². The number of rotatable bonds is 16. The summed E-state index contributed by atoms with van der Waals surface area (Å²) in [5.41, 5.74) is 0.217. The standard InChI is InChI=1S/C20H39NO4S/c1-5-6-7-8-9-10-11-12-13-14-15-16-17-20(4,26(23,24)25)21-19(22)18(2)3/h2,5-17H2,1,3-4H3,(H,21,22)(H,23,24,25). The second-order valence-electron chi connectivity index (χ2n) is 7.58. The summed E-state index contributed by atoms with van der Waals surface area (Å²) >= 11 is 0. The lowest BCUT2D eigenvalue weighted by molar-refractivity contribution is -0.118. The van der Waals surface area contributed by atoms with Crippen molar-refractivity contribution in [1.82, 2.24) is 5.32 Å². The van der Waals surface area contributed by atoms with Crippen LogP contribution in [0, 0.1) is 0 Å². The Hall–Kier alpha value is -0.880. The third-order valence-electron chi connectivity index (χ3n) is 4.84. The molecule has 2 N–H and O–H groups in total. The van der Waals surface area contributed by atoms with Crippen LogP contribution in [-0.2, 0) is 14.9 Å². The number of carbonyl (C=O) groups is 1. The molecule has 6 heteroatoms. The topological polar surface area (TPSA) is 83.5 Å². The summed E-state index contributed by atoms with van der Waals surface area (Å²) < 4.78 is 32.8. The molecular weight excluding hydrogens is 350 g/mol. The first kappa shape index (κ1) is 25.1. The average Bonchev–Trinajstić information content (AvgIpc) is 2.54. The van der Waals surface area contributed by atoms with Crippen molar-refractivity contribution in [3.63, 3.8) is 0 Å². The summed E-state index contributed by atoms with van der Waals surface area (Å²) in [4.78, 5) is 10.1. The molecule has 0 radical (unpaired) electrons. The van der Waals surface area contributed by atoms with Crippen molar-refractivity contribution < 1.29 is 17.8 Å². The van der Waals surface area contributed by atoms with Gasteiger partial charge in [-0.25, -0.2) is 0 Å². The summed E-state index contributed by atoms with van der Waals surface area (Å²) in [7, 11) is -4.38. The van der Waals surface area contributed by atoms with E-state index in [0.29, 0.717) is 6.42 Å². The molecule has 1 unspecified atom stereocenters. The van der Waals surface area contributed by atoms with Crippen LogP contribution in [-0.4, -0.2) is 23.7 Å². The van der Waals surface area contributed by atoms with E-state index in [2.05, 4.69) is 18.8 Å². The van der Waals surface area contributed by atoms with Gasteiger partial charge in [-0.15, -0.1) is 0 Å². The van der Waals surface area contributed by atoms with E-state index in [4.69, 9.17) is 0 Å². The Morgan fingerprint density at radius 3 is 1.65 bits per heavy atom. The highest BCUT2D eigenvalue weighted by Gasteiger charge is 2.38. The molecule has 1 amide bonds. The lowest BCUT2D eigenvalue weighted by Crippen LogP contribution is -2.52. The number of hydrogen-bond acceptors (Lipinski definition) is 3. The van der Waals surface area contributed by atoms with E-state index in [0.717, 1.165) is 19.3 Å². The maximum Gasteiger partial charge on any atom is 0.288 e. The van der Waals surface area contributed by atoms with E-state index in [1.54, 1.807) is 0 Å². The molecule has 0 saturated heterocycles. The minimum Gasteiger partial charge on any atom is -0.332 e. The third kappa shape index (κ3) is 11.0. The van der Waals surface area contributed by atoms with Gasteiger partial charge < -0.3 is 5.32 Å². The van der Waals surface area contributed by atoms with Crippen LogP contribution in [0.3, 0.4) is 0 Å². The molecule has 5 nitrogen and oxygen atoms in total. The smallest absolute Gasteiger partial charge is 0.288 e. The second-order valence-corrected chi connectivity index (χ2v) is 9.43.